The minimum atomic E-state index is -0.920. The minimum absolute atomic E-state index is 0.452. The van der Waals surface area contributed by atoms with E-state index in [1.54, 1.807) is 13.8 Å². The average molecular weight is 199 g/mol. The molecule has 0 bridgehead atoms. The molecule has 0 spiro atoms. The van der Waals surface area contributed by atoms with Crippen LogP contribution in [0, 0.1) is 4.77 Å². The molecule has 0 atom stereocenters. The lowest BCUT2D eigenvalue weighted by molar-refractivity contribution is 0.0641. The fourth-order valence-corrected chi connectivity index (χ4v) is 1.69. The number of hydrogen-bond acceptors (Lipinski definition) is 3. The van der Waals surface area contributed by atoms with E-state index in [0.717, 1.165) is 12.8 Å². The second kappa shape index (κ2) is 2.65. The molecule has 5 heteroatoms. The molecule has 2 rings (SSSR count). The number of aliphatic hydroxyl groups is 1. The molecule has 1 aliphatic rings. The maximum atomic E-state index is 9.81. The summed E-state index contributed by atoms with van der Waals surface area (Å²) in [6.45, 7) is 3.44. The van der Waals surface area contributed by atoms with Crippen molar-refractivity contribution >= 4 is 12.2 Å². The highest BCUT2D eigenvalue weighted by Gasteiger charge is 2.32. The molecule has 4 nitrogen and oxygen atoms in total. The number of nitrogens with zero attached hydrogens (tertiary/aromatic N) is 2. The highest BCUT2D eigenvalue weighted by molar-refractivity contribution is 7.71. The molecule has 0 unspecified atom stereocenters. The summed E-state index contributed by atoms with van der Waals surface area (Å²) in [6.07, 6.45) is 2.27. The van der Waals surface area contributed by atoms with Crippen LogP contribution >= 0.6 is 12.2 Å². The van der Waals surface area contributed by atoms with Gasteiger partial charge in [0.05, 0.1) is 0 Å². The number of H-pyrrole nitrogens is 1. The van der Waals surface area contributed by atoms with Gasteiger partial charge in [-0.3, -0.25) is 9.67 Å². The summed E-state index contributed by atoms with van der Waals surface area (Å²) in [6, 6.07) is 0.452. The lowest BCUT2D eigenvalue weighted by Crippen LogP contribution is -2.21. The van der Waals surface area contributed by atoms with E-state index in [9.17, 15) is 5.11 Å². The molecule has 1 aromatic heterocycles. The lowest BCUT2D eigenvalue weighted by Gasteiger charge is -2.17. The van der Waals surface area contributed by atoms with Gasteiger partial charge in [-0.15, -0.1) is 0 Å². The van der Waals surface area contributed by atoms with Crippen LogP contribution in [-0.2, 0) is 5.60 Å². The van der Waals surface area contributed by atoms with Gasteiger partial charge >= 0.3 is 0 Å². The van der Waals surface area contributed by atoms with Crippen LogP contribution in [-0.4, -0.2) is 19.9 Å². The van der Waals surface area contributed by atoms with Crippen LogP contribution in [0.2, 0.25) is 0 Å². The third kappa shape index (κ3) is 1.53. The van der Waals surface area contributed by atoms with E-state index >= 15 is 0 Å². The van der Waals surface area contributed by atoms with Crippen molar-refractivity contribution in [3.05, 3.63) is 10.6 Å². The summed E-state index contributed by atoms with van der Waals surface area (Å²) in [5.41, 5.74) is -0.920. The second-order valence-electron chi connectivity index (χ2n) is 4.01. The van der Waals surface area contributed by atoms with Crippen molar-refractivity contribution in [2.24, 2.45) is 0 Å². The highest BCUT2D eigenvalue weighted by Crippen LogP contribution is 2.37. The van der Waals surface area contributed by atoms with Crippen LogP contribution in [0.3, 0.4) is 0 Å². The standard InChI is InChI=1S/C8H13N3OS/c1-8(2,12)6-9-10-7(13)11(6)5-3-4-5/h5,12H,3-4H2,1-2H3,(H,10,13). The first kappa shape index (κ1) is 8.90. The largest absolute Gasteiger partial charge is 0.382 e. The molecule has 1 aliphatic carbocycles. The predicted molar refractivity (Wildman–Crippen MR) is 50.9 cm³/mol. The van der Waals surface area contributed by atoms with Gasteiger partial charge in [-0.25, -0.2) is 0 Å². The van der Waals surface area contributed by atoms with Crippen molar-refractivity contribution in [2.75, 3.05) is 0 Å². The van der Waals surface area contributed by atoms with Crippen molar-refractivity contribution in [2.45, 2.75) is 38.3 Å². The molecule has 0 amide bonds. The van der Waals surface area contributed by atoms with Crippen molar-refractivity contribution in [1.29, 1.82) is 0 Å². The van der Waals surface area contributed by atoms with Gasteiger partial charge in [0.1, 0.15) is 5.60 Å². The number of aromatic amines is 1. The molecule has 13 heavy (non-hydrogen) atoms. The summed E-state index contributed by atoms with van der Waals surface area (Å²) >= 11 is 5.09. The van der Waals surface area contributed by atoms with Gasteiger partial charge in [-0.1, -0.05) is 0 Å². The van der Waals surface area contributed by atoms with Crippen molar-refractivity contribution in [1.82, 2.24) is 14.8 Å². The third-order valence-electron chi connectivity index (χ3n) is 2.16. The first-order valence-corrected chi connectivity index (χ1v) is 4.81. The van der Waals surface area contributed by atoms with Crippen LogP contribution in [0.1, 0.15) is 38.6 Å². The Bertz CT molecular complexity index is 369. The molecule has 1 saturated carbocycles. The fraction of sp³-hybridized carbons (Fsp3) is 0.750. The Hall–Kier alpha value is -0.680. The van der Waals surface area contributed by atoms with Crippen molar-refractivity contribution in [3.8, 4) is 0 Å². The number of nitrogens with one attached hydrogen (secondary N) is 1. The van der Waals surface area contributed by atoms with Crippen LogP contribution < -0.4 is 0 Å². The van der Waals surface area contributed by atoms with Crippen molar-refractivity contribution in [3.63, 3.8) is 0 Å². The van der Waals surface area contributed by atoms with E-state index in [2.05, 4.69) is 10.2 Å². The van der Waals surface area contributed by atoms with E-state index in [4.69, 9.17) is 12.2 Å². The van der Waals surface area contributed by atoms with Gasteiger partial charge in [-0.05, 0) is 38.9 Å². The molecule has 2 N–H and O–H groups in total. The SMILES string of the molecule is CC(C)(O)c1n[nH]c(=S)n1C1CC1. The molecule has 1 fully saturated rings. The maximum Gasteiger partial charge on any atom is 0.195 e. The lowest BCUT2D eigenvalue weighted by atomic mass is 10.1. The first-order valence-electron chi connectivity index (χ1n) is 4.40. The first-order chi connectivity index (χ1) is 6.00. The number of rotatable bonds is 2. The Labute approximate surface area is 81.6 Å². The normalized spacial score (nSPS) is 17.8. The average Bonchev–Trinajstić information content (AvgIpc) is 2.73. The minimum Gasteiger partial charge on any atom is -0.382 e. The molecule has 0 saturated heterocycles. The summed E-state index contributed by atoms with van der Waals surface area (Å²) < 4.78 is 2.54. The van der Waals surface area contributed by atoms with Gasteiger partial charge in [0.2, 0.25) is 0 Å². The molecule has 1 aromatic rings. The molecular weight excluding hydrogens is 186 g/mol. The van der Waals surface area contributed by atoms with Gasteiger partial charge in [0.15, 0.2) is 10.6 Å². The summed E-state index contributed by atoms with van der Waals surface area (Å²) in [5.74, 6) is 0.639. The third-order valence-corrected chi connectivity index (χ3v) is 2.45. The van der Waals surface area contributed by atoms with Crippen molar-refractivity contribution < 1.29 is 5.11 Å². The molecule has 72 valence electrons. The van der Waals surface area contributed by atoms with Crippen LogP contribution in [0.15, 0.2) is 0 Å². The Morgan fingerprint density at radius 3 is 2.69 bits per heavy atom. The number of aromatic nitrogens is 3. The molecule has 0 aromatic carbocycles. The molecule has 0 radical (unpaired) electrons. The van der Waals surface area contributed by atoms with Crippen LogP contribution in [0.25, 0.3) is 0 Å². The van der Waals surface area contributed by atoms with Gasteiger partial charge in [0.25, 0.3) is 0 Å². The van der Waals surface area contributed by atoms with E-state index in [1.807, 2.05) is 4.57 Å². The zero-order valence-electron chi connectivity index (χ0n) is 7.74. The smallest absolute Gasteiger partial charge is 0.195 e. The Morgan fingerprint density at radius 2 is 2.23 bits per heavy atom. The zero-order valence-corrected chi connectivity index (χ0v) is 8.56. The topological polar surface area (TPSA) is 53.8 Å². The fourth-order valence-electron chi connectivity index (χ4n) is 1.41. The molecule has 1 heterocycles. The zero-order chi connectivity index (χ0) is 9.64. The quantitative estimate of drug-likeness (QED) is 0.710. The van der Waals surface area contributed by atoms with Crippen LogP contribution in [0.4, 0.5) is 0 Å². The second-order valence-corrected chi connectivity index (χ2v) is 4.40. The Balaban J connectivity index is 2.51. The Morgan fingerprint density at radius 1 is 1.62 bits per heavy atom. The van der Waals surface area contributed by atoms with E-state index in [1.165, 1.54) is 0 Å². The van der Waals surface area contributed by atoms with E-state index in [0.29, 0.717) is 16.6 Å². The van der Waals surface area contributed by atoms with Crippen LogP contribution in [0.5, 0.6) is 0 Å². The van der Waals surface area contributed by atoms with E-state index in [-0.39, 0.29) is 0 Å². The summed E-state index contributed by atoms with van der Waals surface area (Å²) in [5, 5.41) is 16.6. The Kier molecular flexibility index (Phi) is 1.82. The van der Waals surface area contributed by atoms with Gasteiger partial charge in [0, 0.05) is 6.04 Å². The summed E-state index contributed by atoms with van der Waals surface area (Å²) in [4.78, 5) is 0. The molecule has 0 aliphatic heterocycles. The number of hydrogen-bond donors (Lipinski definition) is 2. The van der Waals surface area contributed by atoms with E-state index < -0.39 is 5.60 Å². The monoisotopic (exact) mass is 199 g/mol. The molecular formula is C8H13N3OS. The van der Waals surface area contributed by atoms with Gasteiger partial charge < -0.3 is 5.11 Å². The maximum absolute atomic E-state index is 9.81. The highest BCUT2D eigenvalue weighted by atomic mass is 32.1. The summed E-state index contributed by atoms with van der Waals surface area (Å²) in [7, 11) is 0. The predicted octanol–water partition coefficient (Wildman–Crippen LogP) is 1.50. The van der Waals surface area contributed by atoms with Gasteiger partial charge in [-0.2, -0.15) is 5.10 Å².